The quantitative estimate of drug-likeness (QED) is 0.830. The first-order chi connectivity index (χ1) is 8.79. The largest absolute Gasteiger partial charge is 0.381 e. The SMILES string of the molecule is CC(NC1C2CC3CC(C2)CC1C3)C1CCOC1. The highest BCUT2D eigenvalue weighted by Gasteiger charge is 2.48. The van der Waals surface area contributed by atoms with E-state index in [0.717, 1.165) is 48.8 Å². The lowest BCUT2D eigenvalue weighted by Crippen LogP contribution is -2.57. The highest BCUT2D eigenvalue weighted by Crippen LogP contribution is 2.53. The van der Waals surface area contributed by atoms with Gasteiger partial charge in [-0.2, -0.15) is 0 Å². The minimum atomic E-state index is 0.662. The van der Waals surface area contributed by atoms with E-state index in [9.17, 15) is 0 Å². The van der Waals surface area contributed by atoms with E-state index in [1.54, 1.807) is 6.42 Å². The van der Waals surface area contributed by atoms with Crippen molar-refractivity contribution in [2.45, 2.75) is 57.5 Å². The van der Waals surface area contributed by atoms with Gasteiger partial charge in [0.05, 0.1) is 6.61 Å². The Bertz CT molecular complexity index is 282. The zero-order chi connectivity index (χ0) is 12.1. The molecule has 0 amide bonds. The van der Waals surface area contributed by atoms with Crippen molar-refractivity contribution < 1.29 is 4.74 Å². The summed E-state index contributed by atoms with van der Waals surface area (Å²) >= 11 is 0. The molecule has 0 spiro atoms. The number of hydrogen-bond acceptors (Lipinski definition) is 2. The van der Waals surface area contributed by atoms with E-state index in [4.69, 9.17) is 4.74 Å². The first kappa shape index (κ1) is 11.7. The standard InChI is InChI=1S/C16H27NO/c1-10(13-2-3-18-9-13)17-16-14-5-11-4-12(7-14)8-15(16)6-11/h10-17H,2-9H2,1H3. The molecule has 2 heteroatoms. The third-order valence-corrected chi connectivity index (χ3v) is 6.35. The summed E-state index contributed by atoms with van der Waals surface area (Å²) in [5.41, 5.74) is 0. The van der Waals surface area contributed by atoms with E-state index in [0.29, 0.717) is 6.04 Å². The molecule has 2 nitrogen and oxygen atoms in total. The maximum atomic E-state index is 5.55. The molecule has 102 valence electrons. The summed E-state index contributed by atoms with van der Waals surface area (Å²) in [5.74, 6) is 4.96. The molecule has 4 bridgehead atoms. The van der Waals surface area contributed by atoms with Gasteiger partial charge in [0, 0.05) is 18.7 Å². The van der Waals surface area contributed by atoms with Crippen molar-refractivity contribution in [2.75, 3.05) is 13.2 Å². The van der Waals surface area contributed by atoms with Crippen LogP contribution in [0.2, 0.25) is 0 Å². The minimum absolute atomic E-state index is 0.662. The molecular formula is C16H27NO. The average molecular weight is 249 g/mol. The third-order valence-electron chi connectivity index (χ3n) is 6.35. The van der Waals surface area contributed by atoms with Gasteiger partial charge < -0.3 is 10.1 Å². The van der Waals surface area contributed by atoms with Crippen LogP contribution in [0.4, 0.5) is 0 Å². The predicted octanol–water partition coefficient (Wildman–Crippen LogP) is 2.83. The zero-order valence-corrected chi connectivity index (χ0v) is 11.6. The van der Waals surface area contributed by atoms with Gasteiger partial charge in [0.1, 0.15) is 0 Å². The Morgan fingerprint density at radius 2 is 1.67 bits per heavy atom. The molecule has 5 rings (SSSR count). The number of ether oxygens (including phenoxy) is 1. The average Bonchev–Trinajstić information content (AvgIpc) is 2.86. The van der Waals surface area contributed by atoms with Crippen LogP contribution in [0.15, 0.2) is 0 Å². The monoisotopic (exact) mass is 249 g/mol. The normalized spacial score (nSPS) is 51.8. The Balaban J connectivity index is 1.42. The van der Waals surface area contributed by atoms with Crippen molar-refractivity contribution in [1.29, 1.82) is 0 Å². The van der Waals surface area contributed by atoms with Gasteiger partial charge in [-0.05, 0) is 75.0 Å². The molecule has 4 aliphatic carbocycles. The topological polar surface area (TPSA) is 21.3 Å². The summed E-state index contributed by atoms with van der Waals surface area (Å²) < 4.78 is 5.55. The molecule has 5 fully saturated rings. The van der Waals surface area contributed by atoms with Crippen LogP contribution in [0.25, 0.3) is 0 Å². The zero-order valence-electron chi connectivity index (χ0n) is 11.6. The van der Waals surface area contributed by atoms with Gasteiger partial charge >= 0.3 is 0 Å². The molecule has 1 heterocycles. The fourth-order valence-corrected chi connectivity index (χ4v) is 5.58. The summed E-state index contributed by atoms with van der Waals surface area (Å²) in [6.45, 7) is 4.37. The van der Waals surface area contributed by atoms with Gasteiger partial charge in [0.15, 0.2) is 0 Å². The van der Waals surface area contributed by atoms with Crippen molar-refractivity contribution in [2.24, 2.45) is 29.6 Å². The molecule has 0 aromatic rings. The van der Waals surface area contributed by atoms with Crippen molar-refractivity contribution in [1.82, 2.24) is 5.32 Å². The van der Waals surface area contributed by atoms with Crippen LogP contribution in [-0.4, -0.2) is 25.3 Å². The maximum Gasteiger partial charge on any atom is 0.0509 e. The Hall–Kier alpha value is -0.0800. The second-order valence-corrected chi connectivity index (χ2v) is 7.54. The molecule has 18 heavy (non-hydrogen) atoms. The first-order valence-corrected chi connectivity index (χ1v) is 8.13. The second-order valence-electron chi connectivity index (χ2n) is 7.54. The van der Waals surface area contributed by atoms with Crippen LogP contribution in [0.5, 0.6) is 0 Å². The second kappa shape index (κ2) is 4.49. The van der Waals surface area contributed by atoms with Crippen LogP contribution in [0.1, 0.15) is 45.4 Å². The van der Waals surface area contributed by atoms with Crippen LogP contribution in [-0.2, 0) is 4.74 Å². The Labute approximate surface area is 111 Å². The molecule has 0 aromatic carbocycles. The van der Waals surface area contributed by atoms with Crippen LogP contribution >= 0.6 is 0 Å². The van der Waals surface area contributed by atoms with E-state index in [-0.39, 0.29) is 0 Å². The lowest BCUT2D eigenvalue weighted by Gasteiger charge is -2.55. The molecule has 4 saturated carbocycles. The fourth-order valence-electron chi connectivity index (χ4n) is 5.58. The fraction of sp³-hybridized carbons (Fsp3) is 1.00. The molecule has 0 aromatic heterocycles. The molecule has 5 aliphatic rings. The summed E-state index contributed by atoms with van der Waals surface area (Å²) in [6.07, 6.45) is 8.93. The van der Waals surface area contributed by atoms with E-state index in [1.165, 1.54) is 32.1 Å². The van der Waals surface area contributed by atoms with E-state index in [1.807, 2.05) is 0 Å². The van der Waals surface area contributed by atoms with Gasteiger partial charge in [-0.1, -0.05) is 0 Å². The molecule has 1 N–H and O–H groups in total. The van der Waals surface area contributed by atoms with Gasteiger partial charge in [-0.25, -0.2) is 0 Å². The third kappa shape index (κ3) is 1.92. The summed E-state index contributed by atoms with van der Waals surface area (Å²) in [6, 6.07) is 1.50. The van der Waals surface area contributed by atoms with Gasteiger partial charge in [0.2, 0.25) is 0 Å². The minimum Gasteiger partial charge on any atom is -0.381 e. The number of nitrogens with one attached hydrogen (secondary N) is 1. The highest BCUT2D eigenvalue weighted by molar-refractivity contribution is 5.02. The molecular weight excluding hydrogens is 222 g/mol. The Kier molecular flexibility index (Phi) is 2.92. The molecule has 1 aliphatic heterocycles. The number of hydrogen-bond donors (Lipinski definition) is 1. The summed E-state index contributed by atoms with van der Waals surface area (Å²) in [5, 5.41) is 4.02. The Morgan fingerprint density at radius 1 is 1.00 bits per heavy atom. The van der Waals surface area contributed by atoms with Crippen LogP contribution in [0.3, 0.4) is 0 Å². The molecule has 2 unspecified atom stereocenters. The van der Waals surface area contributed by atoms with Crippen molar-refractivity contribution >= 4 is 0 Å². The number of rotatable bonds is 3. The van der Waals surface area contributed by atoms with Crippen molar-refractivity contribution in [3.8, 4) is 0 Å². The van der Waals surface area contributed by atoms with Crippen LogP contribution < -0.4 is 5.32 Å². The van der Waals surface area contributed by atoms with Crippen molar-refractivity contribution in [3.63, 3.8) is 0 Å². The molecule has 1 saturated heterocycles. The lowest BCUT2D eigenvalue weighted by molar-refractivity contribution is -0.0196. The molecule has 2 atom stereocenters. The Morgan fingerprint density at radius 3 is 2.22 bits per heavy atom. The van der Waals surface area contributed by atoms with Gasteiger partial charge in [0.25, 0.3) is 0 Å². The van der Waals surface area contributed by atoms with Crippen molar-refractivity contribution in [3.05, 3.63) is 0 Å². The van der Waals surface area contributed by atoms with Gasteiger partial charge in [-0.15, -0.1) is 0 Å². The van der Waals surface area contributed by atoms with E-state index < -0.39 is 0 Å². The summed E-state index contributed by atoms with van der Waals surface area (Å²) in [4.78, 5) is 0. The maximum absolute atomic E-state index is 5.55. The highest BCUT2D eigenvalue weighted by atomic mass is 16.5. The predicted molar refractivity (Wildman–Crippen MR) is 72.4 cm³/mol. The smallest absolute Gasteiger partial charge is 0.0509 e. The first-order valence-electron chi connectivity index (χ1n) is 8.13. The van der Waals surface area contributed by atoms with E-state index in [2.05, 4.69) is 12.2 Å². The lowest BCUT2D eigenvalue weighted by atomic mass is 9.54. The summed E-state index contributed by atoms with van der Waals surface area (Å²) in [7, 11) is 0. The van der Waals surface area contributed by atoms with Crippen LogP contribution in [0, 0.1) is 29.6 Å². The molecule has 0 radical (unpaired) electrons. The van der Waals surface area contributed by atoms with E-state index >= 15 is 0 Å². The van der Waals surface area contributed by atoms with Gasteiger partial charge in [-0.3, -0.25) is 0 Å².